The molecule has 0 radical (unpaired) electrons. The quantitative estimate of drug-likeness (QED) is 0.340. The Morgan fingerprint density at radius 2 is 1.63 bits per heavy atom. The van der Waals surface area contributed by atoms with Crippen LogP contribution in [0.1, 0.15) is 34.0 Å². The minimum absolute atomic E-state index is 0.112. The van der Waals surface area contributed by atoms with Crippen LogP contribution in [0.2, 0.25) is 0 Å². The summed E-state index contributed by atoms with van der Waals surface area (Å²) < 4.78 is 15.4. The van der Waals surface area contributed by atoms with Crippen molar-refractivity contribution < 1.29 is 28.6 Å². The van der Waals surface area contributed by atoms with Crippen LogP contribution in [0.3, 0.4) is 0 Å². The molecule has 3 aromatic carbocycles. The van der Waals surface area contributed by atoms with Gasteiger partial charge in [-0.3, -0.25) is 9.59 Å². The summed E-state index contributed by atoms with van der Waals surface area (Å²) in [6.45, 7) is 5.93. The summed E-state index contributed by atoms with van der Waals surface area (Å²) in [7, 11) is 0. The molecule has 0 saturated heterocycles. The Morgan fingerprint density at radius 1 is 0.886 bits per heavy atom. The molecule has 0 saturated carbocycles. The molecule has 0 aliphatic rings. The zero-order chi connectivity index (χ0) is 25.2. The highest BCUT2D eigenvalue weighted by Gasteiger charge is 2.12. The Bertz CT molecular complexity index is 1190. The van der Waals surface area contributed by atoms with E-state index in [9.17, 15) is 14.4 Å². The van der Waals surface area contributed by atoms with Gasteiger partial charge < -0.3 is 24.8 Å². The number of benzene rings is 3. The molecule has 0 aliphatic heterocycles. The van der Waals surface area contributed by atoms with Crippen molar-refractivity contribution in [1.29, 1.82) is 0 Å². The normalized spacial score (nSPS) is 10.3. The predicted molar refractivity (Wildman–Crippen MR) is 132 cm³/mol. The number of aryl methyl sites for hydroxylation is 1. The molecule has 0 bridgehead atoms. The minimum Gasteiger partial charge on any atom is -0.483 e. The number of hydrogen-bond acceptors (Lipinski definition) is 6. The Morgan fingerprint density at radius 3 is 2.37 bits per heavy atom. The summed E-state index contributed by atoms with van der Waals surface area (Å²) in [5, 5.41) is 5.67. The highest BCUT2D eigenvalue weighted by Crippen LogP contribution is 2.21. The lowest BCUT2D eigenvalue weighted by atomic mass is 10.1. The lowest BCUT2D eigenvalue weighted by molar-refractivity contribution is -0.123. The minimum atomic E-state index is -0.805. The smallest absolute Gasteiger partial charge is 0.483 e. The van der Waals surface area contributed by atoms with Gasteiger partial charge in [0.05, 0.1) is 6.61 Å². The summed E-state index contributed by atoms with van der Waals surface area (Å²) in [6.07, 6.45) is -0.805. The molecule has 182 valence electrons. The lowest BCUT2D eigenvalue weighted by Gasteiger charge is -2.13. The molecule has 8 nitrogen and oxygen atoms in total. The second-order valence-corrected chi connectivity index (χ2v) is 7.68. The van der Waals surface area contributed by atoms with E-state index in [4.69, 9.17) is 14.2 Å². The first kappa shape index (κ1) is 25.3. The van der Waals surface area contributed by atoms with Crippen LogP contribution in [0, 0.1) is 13.8 Å². The van der Waals surface area contributed by atoms with Crippen molar-refractivity contribution in [1.82, 2.24) is 5.32 Å². The molecule has 3 aromatic rings. The van der Waals surface area contributed by atoms with Crippen LogP contribution in [-0.4, -0.2) is 31.2 Å². The number of carbonyl (C=O) groups excluding carboxylic acids is 3. The van der Waals surface area contributed by atoms with Gasteiger partial charge in [-0.2, -0.15) is 0 Å². The maximum atomic E-state index is 12.7. The zero-order valence-electron chi connectivity index (χ0n) is 19.9. The third-order valence-corrected chi connectivity index (χ3v) is 5.24. The Labute approximate surface area is 204 Å². The molecule has 0 unspecified atom stereocenters. The van der Waals surface area contributed by atoms with E-state index in [0.717, 1.165) is 16.7 Å². The van der Waals surface area contributed by atoms with Crippen LogP contribution in [0.25, 0.3) is 0 Å². The number of amides is 2. The van der Waals surface area contributed by atoms with Gasteiger partial charge in [0, 0.05) is 17.8 Å². The molecule has 0 fully saturated rings. The average Bonchev–Trinajstić information content (AvgIpc) is 2.85. The Kier molecular flexibility index (Phi) is 8.83. The molecular formula is C27H28N2O6. The van der Waals surface area contributed by atoms with E-state index >= 15 is 0 Å². The Balaban J connectivity index is 1.55. The molecule has 8 heteroatoms. The zero-order valence-corrected chi connectivity index (χ0v) is 19.9. The van der Waals surface area contributed by atoms with Crippen LogP contribution in [0.4, 0.5) is 10.5 Å². The van der Waals surface area contributed by atoms with Gasteiger partial charge in [0.2, 0.25) is 0 Å². The molecular weight excluding hydrogens is 448 g/mol. The van der Waals surface area contributed by atoms with Crippen molar-refractivity contribution in [3.8, 4) is 11.5 Å². The first-order valence-electron chi connectivity index (χ1n) is 11.2. The maximum absolute atomic E-state index is 12.7. The molecule has 0 heterocycles. The number of carbonyl (C=O) groups is 3. The molecule has 0 aromatic heterocycles. The largest absolute Gasteiger partial charge is 0.513 e. The van der Waals surface area contributed by atoms with E-state index < -0.39 is 6.16 Å². The van der Waals surface area contributed by atoms with Crippen molar-refractivity contribution in [2.75, 3.05) is 18.5 Å². The number of rotatable bonds is 9. The monoisotopic (exact) mass is 476 g/mol. The predicted octanol–water partition coefficient (Wildman–Crippen LogP) is 4.79. The number of ether oxygens (including phenoxy) is 3. The lowest BCUT2D eigenvalue weighted by Crippen LogP contribution is -2.29. The summed E-state index contributed by atoms with van der Waals surface area (Å²) in [5.74, 6) is 0.326. The fourth-order valence-corrected chi connectivity index (χ4v) is 3.18. The van der Waals surface area contributed by atoms with Crippen LogP contribution >= 0.6 is 0 Å². The standard InChI is InChI=1S/C27H28N2O6/c1-4-33-27(32)35-22-14-12-20(13-15-22)26(31)29-23-10-6-5-9-21(23)16-28-25(30)17-34-24-11-7-8-18(2)19(24)3/h5-15H,4,16-17H2,1-3H3,(H,28,30)(H,29,31). The third kappa shape index (κ3) is 7.33. The van der Waals surface area contributed by atoms with Gasteiger partial charge in [0.25, 0.3) is 11.8 Å². The second kappa shape index (κ2) is 12.2. The van der Waals surface area contributed by atoms with Gasteiger partial charge >= 0.3 is 6.16 Å². The van der Waals surface area contributed by atoms with Crippen LogP contribution in [0.5, 0.6) is 11.5 Å². The van der Waals surface area contributed by atoms with Gasteiger partial charge in [0.1, 0.15) is 11.5 Å². The van der Waals surface area contributed by atoms with Crippen molar-refractivity contribution >= 4 is 23.7 Å². The SMILES string of the molecule is CCOC(=O)Oc1ccc(C(=O)Nc2ccccc2CNC(=O)COc2cccc(C)c2C)cc1. The number of anilines is 1. The molecule has 0 atom stereocenters. The van der Waals surface area contributed by atoms with Crippen molar-refractivity contribution in [3.63, 3.8) is 0 Å². The average molecular weight is 477 g/mol. The highest BCUT2D eigenvalue weighted by atomic mass is 16.7. The fraction of sp³-hybridized carbons (Fsp3) is 0.222. The first-order valence-corrected chi connectivity index (χ1v) is 11.2. The van der Waals surface area contributed by atoms with Crippen LogP contribution in [0.15, 0.2) is 66.7 Å². The van der Waals surface area contributed by atoms with E-state index in [1.165, 1.54) is 12.1 Å². The van der Waals surface area contributed by atoms with Gasteiger partial charge in [0.15, 0.2) is 6.61 Å². The molecule has 0 aliphatic carbocycles. The molecule has 35 heavy (non-hydrogen) atoms. The topological polar surface area (TPSA) is 103 Å². The third-order valence-electron chi connectivity index (χ3n) is 5.24. The maximum Gasteiger partial charge on any atom is 0.513 e. The van der Waals surface area contributed by atoms with E-state index in [0.29, 0.717) is 17.0 Å². The number of hydrogen-bond donors (Lipinski definition) is 2. The summed E-state index contributed by atoms with van der Waals surface area (Å²) >= 11 is 0. The molecule has 3 rings (SSSR count). The van der Waals surface area contributed by atoms with Crippen LogP contribution in [-0.2, 0) is 16.1 Å². The number of para-hydroxylation sites is 1. The van der Waals surface area contributed by atoms with Gasteiger partial charge in [-0.05, 0) is 73.9 Å². The van der Waals surface area contributed by atoms with Gasteiger partial charge in [-0.15, -0.1) is 0 Å². The Hall–Kier alpha value is -4.33. The fourth-order valence-electron chi connectivity index (χ4n) is 3.18. The summed E-state index contributed by atoms with van der Waals surface area (Å²) in [5.41, 5.74) is 3.77. The van der Waals surface area contributed by atoms with E-state index in [1.54, 1.807) is 31.2 Å². The second-order valence-electron chi connectivity index (χ2n) is 7.68. The van der Waals surface area contributed by atoms with E-state index in [2.05, 4.69) is 10.6 Å². The van der Waals surface area contributed by atoms with Crippen molar-refractivity contribution in [2.45, 2.75) is 27.3 Å². The van der Waals surface area contributed by atoms with Gasteiger partial charge in [-0.1, -0.05) is 30.3 Å². The first-order chi connectivity index (χ1) is 16.9. The van der Waals surface area contributed by atoms with Gasteiger partial charge in [-0.25, -0.2) is 4.79 Å². The summed E-state index contributed by atoms with van der Waals surface area (Å²) in [6, 6.07) is 19.0. The van der Waals surface area contributed by atoms with Crippen molar-refractivity contribution in [2.24, 2.45) is 0 Å². The molecule has 0 spiro atoms. The van der Waals surface area contributed by atoms with E-state index in [-0.39, 0.29) is 37.3 Å². The molecule has 2 amide bonds. The van der Waals surface area contributed by atoms with Crippen molar-refractivity contribution in [3.05, 3.63) is 89.0 Å². The molecule has 2 N–H and O–H groups in total. The van der Waals surface area contributed by atoms with E-state index in [1.807, 2.05) is 44.2 Å². The summed E-state index contributed by atoms with van der Waals surface area (Å²) in [4.78, 5) is 36.4. The highest BCUT2D eigenvalue weighted by molar-refractivity contribution is 6.04. The number of nitrogens with one attached hydrogen (secondary N) is 2. The van der Waals surface area contributed by atoms with Crippen LogP contribution < -0.4 is 20.1 Å².